The predicted molar refractivity (Wildman–Crippen MR) is 57.1 cm³/mol. The Morgan fingerprint density at radius 3 is 2.79 bits per heavy atom. The number of aliphatic hydroxyl groups excluding tert-OH is 1. The molecule has 1 unspecified atom stereocenters. The van der Waals surface area contributed by atoms with E-state index in [0.29, 0.717) is 4.48 Å². The van der Waals surface area contributed by atoms with Crippen molar-refractivity contribution in [2.75, 3.05) is 0 Å². The number of fused-ring (bicyclic) bond motifs is 1. The van der Waals surface area contributed by atoms with Gasteiger partial charge >= 0.3 is 5.71 Å². The van der Waals surface area contributed by atoms with Crippen LogP contribution in [0, 0.1) is 0 Å². The van der Waals surface area contributed by atoms with Crippen molar-refractivity contribution in [1.82, 2.24) is 0 Å². The van der Waals surface area contributed by atoms with Gasteiger partial charge in [-0.3, -0.25) is 0 Å². The summed E-state index contributed by atoms with van der Waals surface area (Å²) in [7, 11) is 0. The molecular formula is C10H7BrN2O. The van der Waals surface area contributed by atoms with Crippen LogP contribution < -0.4 is 0 Å². The lowest BCUT2D eigenvalue weighted by molar-refractivity contribution is -0.0160. The van der Waals surface area contributed by atoms with E-state index < -0.39 is 6.10 Å². The Balaban J connectivity index is 2.71. The van der Waals surface area contributed by atoms with Crippen LogP contribution in [-0.2, 0) is 0 Å². The molecule has 1 N–H and O–H groups in total. The number of hydrogen-bond acceptors (Lipinski definition) is 1. The molecule has 0 fully saturated rings. The van der Waals surface area contributed by atoms with Gasteiger partial charge in [0, 0.05) is 4.48 Å². The van der Waals surface area contributed by atoms with E-state index in [1.54, 1.807) is 0 Å². The number of halogens is 1. The second kappa shape index (κ2) is 3.50. The van der Waals surface area contributed by atoms with Crippen LogP contribution in [0.5, 0.6) is 0 Å². The maximum absolute atomic E-state index is 9.68. The van der Waals surface area contributed by atoms with Crippen LogP contribution in [0.2, 0.25) is 0 Å². The summed E-state index contributed by atoms with van der Waals surface area (Å²) in [5, 5.41) is 9.68. The van der Waals surface area contributed by atoms with Gasteiger partial charge in [-0.15, -0.1) is 0 Å². The van der Waals surface area contributed by atoms with Crippen molar-refractivity contribution in [3.8, 4) is 0 Å². The smallest absolute Gasteiger partial charge is 0.332 e. The SMILES string of the molecule is [N-]=[N+]=C1c2ccccc2C=C(Br)C1O. The van der Waals surface area contributed by atoms with Crippen LogP contribution in [0.25, 0.3) is 11.6 Å². The van der Waals surface area contributed by atoms with Crippen LogP contribution in [0.1, 0.15) is 11.1 Å². The van der Waals surface area contributed by atoms with Crippen molar-refractivity contribution in [2.45, 2.75) is 6.10 Å². The zero-order chi connectivity index (χ0) is 10.1. The van der Waals surface area contributed by atoms with E-state index in [4.69, 9.17) is 5.53 Å². The Hall–Kier alpha value is -1.22. The van der Waals surface area contributed by atoms with Gasteiger partial charge in [-0.05, 0) is 17.7 Å². The van der Waals surface area contributed by atoms with Crippen molar-refractivity contribution in [3.63, 3.8) is 0 Å². The highest BCUT2D eigenvalue weighted by atomic mass is 79.9. The second-order valence-corrected chi connectivity index (χ2v) is 3.92. The van der Waals surface area contributed by atoms with Crippen LogP contribution >= 0.6 is 15.9 Å². The van der Waals surface area contributed by atoms with Crippen LogP contribution in [0.4, 0.5) is 0 Å². The van der Waals surface area contributed by atoms with Gasteiger partial charge in [-0.25, -0.2) is 0 Å². The lowest BCUT2D eigenvalue weighted by atomic mass is 9.94. The van der Waals surface area contributed by atoms with E-state index in [0.717, 1.165) is 11.1 Å². The molecule has 0 amide bonds. The molecule has 1 aliphatic carbocycles. The molecule has 0 heterocycles. The summed E-state index contributed by atoms with van der Waals surface area (Å²) in [6.07, 6.45) is 0.934. The van der Waals surface area contributed by atoms with Crippen molar-refractivity contribution < 1.29 is 9.90 Å². The Morgan fingerprint density at radius 1 is 1.36 bits per heavy atom. The molecule has 14 heavy (non-hydrogen) atoms. The van der Waals surface area contributed by atoms with Crippen LogP contribution in [0.3, 0.4) is 0 Å². The van der Waals surface area contributed by atoms with Gasteiger partial charge in [0.05, 0.1) is 5.56 Å². The fraction of sp³-hybridized carbons (Fsp3) is 0.100. The topological polar surface area (TPSA) is 56.6 Å². The first-order chi connectivity index (χ1) is 6.74. The maximum atomic E-state index is 9.68. The van der Waals surface area contributed by atoms with E-state index in [2.05, 4.69) is 20.7 Å². The zero-order valence-electron chi connectivity index (χ0n) is 7.18. The first kappa shape index (κ1) is 9.34. The Morgan fingerprint density at radius 2 is 2.07 bits per heavy atom. The summed E-state index contributed by atoms with van der Waals surface area (Å²) in [5.41, 5.74) is 10.8. The fourth-order valence-corrected chi connectivity index (χ4v) is 1.93. The van der Waals surface area contributed by atoms with Gasteiger partial charge in [-0.2, -0.15) is 4.79 Å². The zero-order valence-corrected chi connectivity index (χ0v) is 8.77. The Kier molecular flexibility index (Phi) is 2.33. The minimum absolute atomic E-state index is 0.273. The highest BCUT2D eigenvalue weighted by Gasteiger charge is 2.31. The van der Waals surface area contributed by atoms with Gasteiger partial charge in [-0.1, -0.05) is 34.1 Å². The normalized spacial score (nSPS) is 19.7. The molecule has 0 saturated carbocycles. The molecule has 1 atom stereocenters. The van der Waals surface area contributed by atoms with Crippen molar-refractivity contribution in [2.24, 2.45) is 0 Å². The van der Waals surface area contributed by atoms with Gasteiger partial charge in [0.2, 0.25) is 0 Å². The third kappa shape index (κ3) is 1.34. The van der Waals surface area contributed by atoms with E-state index in [1.165, 1.54) is 0 Å². The van der Waals surface area contributed by atoms with E-state index in [1.807, 2.05) is 30.3 Å². The van der Waals surface area contributed by atoms with Gasteiger partial charge in [0.15, 0.2) is 6.10 Å². The van der Waals surface area contributed by atoms with Crippen molar-refractivity contribution >= 4 is 27.7 Å². The quantitative estimate of drug-likeness (QED) is 0.554. The molecule has 0 aliphatic heterocycles. The molecule has 2 rings (SSSR count). The number of benzene rings is 1. The first-order valence-corrected chi connectivity index (χ1v) is 4.90. The average molecular weight is 251 g/mol. The molecule has 1 aromatic carbocycles. The molecule has 0 radical (unpaired) electrons. The molecule has 0 spiro atoms. The highest BCUT2D eigenvalue weighted by molar-refractivity contribution is 9.11. The third-order valence-electron chi connectivity index (χ3n) is 2.16. The van der Waals surface area contributed by atoms with Crippen molar-refractivity contribution in [3.05, 3.63) is 45.4 Å². The Labute approximate surface area is 89.4 Å². The summed E-state index contributed by atoms with van der Waals surface area (Å²) in [6, 6.07) is 7.43. The first-order valence-electron chi connectivity index (χ1n) is 4.10. The number of nitrogens with zero attached hydrogens (tertiary/aromatic N) is 2. The molecule has 0 bridgehead atoms. The van der Waals surface area contributed by atoms with Crippen LogP contribution in [-0.4, -0.2) is 21.7 Å². The lowest BCUT2D eigenvalue weighted by Crippen LogP contribution is -2.26. The van der Waals surface area contributed by atoms with Gasteiger partial charge in [0.25, 0.3) is 0 Å². The number of aliphatic hydroxyl groups is 1. The summed E-state index contributed by atoms with van der Waals surface area (Å²) < 4.78 is 0.601. The second-order valence-electron chi connectivity index (χ2n) is 3.00. The van der Waals surface area contributed by atoms with Crippen LogP contribution in [0.15, 0.2) is 28.7 Å². The average Bonchev–Trinajstić information content (AvgIpc) is 2.20. The molecule has 4 heteroatoms. The largest absolute Gasteiger partial charge is 0.376 e. The number of rotatable bonds is 0. The summed E-state index contributed by atoms with van der Waals surface area (Å²) in [5.74, 6) is 0. The van der Waals surface area contributed by atoms with E-state index in [-0.39, 0.29) is 5.71 Å². The maximum Gasteiger partial charge on any atom is 0.332 e. The van der Waals surface area contributed by atoms with E-state index >= 15 is 0 Å². The third-order valence-corrected chi connectivity index (χ3v) is 2.82. The molecule has 3 nitrogen and oxygen atoms in total. The fourth-order valence-electron chi connectivity index (χ4n) is 1.47. The number of hydrogen-bond donors (Lipinski definition) is 1. The molecule has 1 aromatic rings. The standard InChI is InChI=1S/C10H7BrN2O/c11-8-5-6-3-1-2-4-7(6)9(13-12)10(8)14/h1-5,10,14H. The summed E-state index contributed by atoms with van der Waals surface area (Å²) in [4.78, 5) is 3.12. The minimum Gasteiger partial charge on any atom is -0.376 e. The Bertz CT molecular complexity index is 461. The molecular weight excluding hydrogens is 244 g/mol. The van der Waals surface area contributed by atoms with E-state index in [9.17, 15) is 5.11 Å². The van der Waals surface area contributed by atoms with Gasteiger partial charge in [0.1, 0.15) is 0 Å². The minimum atomic E-state index is -0.880. The molecule has 0 saturated heterocycles. The molecule has 0 aromatic heterocycles. The summed E-state index contributed by atoms with van der Waals surface area (Å²) >= 11 is 3.22. The monoisotopic (exact) mass is 250 g/mol. The molecule has 1 aliphatic rings. The highest BCUT2D eigenvalue weighted by Crippen LogP contribution is 2.26. The van der Waals surface area contributed by atoms with Gasteiger partial charge < -0.3 is 10.6 Å². The van der Waals surface area contributed by atoms with Crippen molar-refractivity contribution in [1.29, 1.82) is 0 Å². The summed E-state index contributed by atoms with van der Waals surface area (Å²) in [6.45, 7) is 0. The predicted octanol–water partition coefficient (Wildman–Crippen LogP) is 1.82. The lowest BCUT2D eigenvalue weighted by Gasteiger charge is -2.13. The molecule has 70 valence electrons.